The molecule has 0 radical (unpaired) electrons. The quantitative estimate of drug-likeness (QED) is 0.449. The van der Waals surface area contributed by atoms with Gasteiger partial charge < -0.3 is 15.5 Å². The molecule has 1 saturated heterocycles. The number of aryl methyl sites for hydroxylation is 1. The van der Waals surface area contributed by atoms with Gasteiger partial charge >= 0.3 is 0 Å². The fourth-order valence-electron chi connectivity index (χ4n) is 4.73. The highest BCUT2D eigenvalue weighted by molar-refractivity contribution is 6.03. The Kier molecular flexibility index (Phi) is 7.16. The third kappa shape index (κ3) is 5.43. The molecule has 0 saturated carbocycles. The van der Waals surface area contributed by atoms with Crippen molar-refractivity contribution in [1.82, 2.24) is 15.2 Å². The van der Waals surface area contributed by atoms with Crippen LogP contribution in [-0.2, 0) is 4.79 Å². The monoisotopic (exact) mass is 484 g/mol. The predicted octanol–water partition coefficient (Wildman–Crippen LogP) is 5.81. The van der Waals surface area contributed by atoms with Gasteiger partial charge in [0.2, 0.25) is 5.91 Å². The lowest BCUT2D eigenvalue weighted by atomic mass is 9.93. The van der Waals surface area contributed by atoms with Crippen LogP contribution in [0, 0.1) is 6.92 Å². The predicted molar refractivity (Wildman–Crippen MR) is 148 cm³/mol. The van der Waals surface area contributed by atoms with Gasteiger partial charge in [0.25, 0.3) is 5.91 Å². The molecule has 2 heterocycles. The van der Waals surface area contributed by atoms with Gasteiger partial charge in [-0.2, -0.15) is 0 Å². The van der Waals surface area contributed by atoms with E-state index >= 15 is 0 Å². The Hall–Kier alpha value is -3.67. The number of hydrogen-bond acceptors (Lipinski definition) is 4. The molecule has 1 aliphatic rings. The molecular weight excluding hydrogens is 448 g/mol. The van der Waals surface area contributed by atoms with Crippen LogP contribution in [0.3, 0.4) is 0 Å². The van der Waals surface area contributed by atoms with Crippen LogP contribution in [0.2, 0.25) is 0 Å². The molecule has 36 heavy (non-hydrogen) atoms. The molecule has 1 aliphatic heterocycles. The molecule has 2 N–H and O–H groups in total. The SMILES string of the molecule is CNC(=O)C(C)=Cc1cc2cc(-c3c(C)cccc3C(=O)N3CCCC3)ccc2nc1NC(C)(C)C. The molecule has 6 nitrogen and oxygen atoms in total. The lowest BCUT2D eigenvalue weighted by molar-refractivity contribution is -0.116. The molecule has 0 atom stereocenters. The zero-order chi connectivity index (χ0) is 26.0. The maximum atomic E-state index is 13.4. The van der Waals surface area contributed by atoms with Crippen LogP contribution < -0.4 is 10.6 Å². The number of anilines is 1. The van der Waals surface area contributed by atoms with E-state index in [1.54, 1.807) is 14.0 Å². The molecule has 4 rings (SSSR count). The lowest BCUT2D eigenvalue weighted by Gasteiger charge is -2.23. The standard InChI is InChI=1S/C30H36N4O2/c1-19-10-9-11-24(29(36)34-14-7-8-15-34)26(19)21-12-13-25-22(17-21)18-23(16-20(2)28(35)31-6)27(32-25)33-30(3,4)5/h9-13,16-18H,7-8,14-15H2,1-6H3,(H,31,35)(H,32,33). The summed E-state index contributed by atoms with van der Waals surface area (Å²) in [5.74, 6) is 0.696. The first-order chi connectivity index (χ1) is 17.1. The fourth-order valence-corrected chi connectivity index (χ4v) is 4.73. The van der Waals surface area contributed by atoms with E-state index in [1.807, 2.05) is 35.2 Å². The first-order valence-corrected chi connectivity index (χ1v) is 12.6. The molecule has 188 valence electrons. The van der Waals surface area contributed by atoms with Crippen molar-refractivity contribution in [3.05, 3.63) is 64.7 Å². The zero-order valence-corrected chi connectivity index (χ0v) is 22.2. The molecular formula is C30H36N4O2. The second-order valence-corrected chi connectivity index (χ2v) is 10.6. The number of aromatic nitrogens is 1. The van der Waals surface area contributed by atoms with Crippen molar-refractivity contribution < 1.29 is 9.59 Å². The number of likely N-dealkylation sites (N-methyl/N-ethyl adjacent to an activating group) is 1. The van der Waals surface area contributed by atoms with Gasteiger partial charge in [-0.25, -0.2) is 4.98 Å². The van der Waals surface area contributed by atoms with Crippen LogP contribution in [0.25, 0.3) is 28.1 Å². The van der Waals surface area contributed by atoms with Gasteiger partial charge in [0.05, 0.1) is 5.52 Å². The van der Waals surface area contributed by atoms with Crippen molar-refractivity contribution >= 4 is 34.6 Å². The van der Waals surface area contributed by atoms with Crippen molar-refractivity contribution in [3.63, 3.8) is 0 Å². The maximum absolute atomic E-state index is 13.4. The molecule has 3 aromatic rings. The number of hydrogen-bond donors (Lipinski definition) is 2. The number of amides is 2. The number of benzene rings is 2. The Morgan fingerprint density at radius 3 is 2.44 bits per heavy atom. The molecule has 0 spiro atoms. The number of nitrogens with one attached hydrogen (secondary N) is 2. The first-order valence-electron chi connectivity index (χ1n) is 12.6. The highest BCUT2D eigenvalue weighted by Crippen LogP contribution is 2.33. The van der Waals surface area contributed by atoms with Crippen LogP contribution in [0.4, 0.5) is 5.82 Å². The molecule has 0 unspecified atom stereocenters. The molecule has 1 fully saturated rings. The summed E-state index contributed by atoms with van der Waals surface area (Å²) in [5.41, 5.74) is 5.85. The number of likely N-dealkylation sites (tertiary alicyclic amines) is 1. The first kappa shape index (κ1) is 25.4. The van der Waals surface area contributed by atoms with Crippen molar-refractivity contribution in [2.75, 3.05) is 25.5 Å². The maximum Gasteiger partial charge on any atom is 0.254 e. The van der Waals surface area contributed by atoms with Gasteiger partial charge in [0.1, 0.15) is 5.82 Å². The average Bonchev–Trinajstić information content (AvgIpc) is 3.37. The Labute approximate surface area is 213 Å². The minimum Gasteiger partial charge on any atom is -0.365 e. The second-order valence-electron chi connectivity index (χ2n) is 10.6. The van der Waals surface area contributed by atoms with E-state index < -0.39 is 0 Å². The third-order valence-electron chi connectivity index (χ3n) is 6.48. The normalized spacial score (nSPS) is 14.3. The van der Waals surface area contributed by atoms with Crippen molar-refractivity contribution in [3.8, 4) is 11.1 Å². The van der Waals surface area contributed by atoms with Crippen molar-refractivity contribution in [2.24, 2.45) is 0 Å². The number of carbonyl (C=O) groups is 2. The van der Waals surface area contributed by atoms with Gasteiger partial charge in [-0.15, -0.1) is 0 Å². The average molecular weight is 485 g/mol. The van der Waals surface area contributed by atoms with E-state index in [0.29, 0.717) is 5.57 Å². The van der Waals surface area contributed by atoms with Crippen LogP contribution in [0.1, 0.15) is 62.0 Å². The van der Waals surface area contributed by atoms with E-state index in [2.05, 4.69) is 56.5 Å². The summed E-state index contributed by atoms with van der Waals surface area (Å²) in [7, 11) is 1.63. The number of nitrogens with zero attached hydrogens (tertiary/aromatic N) is 2. The summed E-state index contributed by atoms with van der Waals surface area (Å²) in [6.07, 6.45) is 3.98. The summed E-state index contributed by atoms with van der Waals surface area (Å²) in [5, 5.41) is 7.11. The highest BCUT2D eigenvalue weighted by Gasteiger charge is 2.23. The van der Waals surface area contributed by atoms with Crippen molar-refractivity contribution in [2.45, 2.75) is 53.0 Å². The van der Waals surface area contributed by atoms with Gasteiger partial charge in [-0.1, -0.05) is 18.2 Å². The number of fused-ring (bicyclic) bond motifs is 1. The molecule has 1 aromatic heterocycles. The minimum atomic E-state index is -0.198. The molecule has 2 aromatic carbocycles. The van der Waals surface area contributed by atoms with E-state index in [-0.39, 0.29) is 17.4 Å². The van der Waals surface area contributed by atoms with E-state index in [9.17, 15) is 9.59 Å². The van der Waals surface area contributed by atoms with Gasteiger partial charge in [0, 0.05) is 47.8 Å². The number of pyridine rings is 1. The molecule has 2 amide bonds. The zero-order valence-electron chi connectivity index (χ0n) is 22.2. The number of carbonyl (C=O) groups excluding carboxylic acids is 2. The van der Waals surface area contributed by atoms with Crippen LogP contribution in [0.15, 0.2) is 48.0 Å². The lowest BCUT2D eigenvalue weighted by Crippen LogP contribution is -2.28. The molecule has 0 aliphatic carbocycles. The smallest absolute Gasteiger partial charge is 0.254 e. The van der Waals surface area contributed by atoms with E-state index in [1.165, 1.54) is 0 Å². The van der Waals surface area contributed by atoms with Crippen molar-refractivity contribution in [1.29, 1.82) is 0 Å². The van der Waals surface area contributed by atoms with Gasteiger partial charge in [-0.3, -0.25) is 9.59 Å². The molecule has 6 heteroatoms. The Bertz CT molecular complexity index is 1350. The second kappa shape index (κ2) is 10.1. The Morgan fingerprint density at radius 2 is 1.78 bits per heavy atom. The minimum absolute atomic E-state index is 0.0963. The fraction of sp³-hybridized carbons (Fsp3) is 0.367. The van der Waals surface area contributed by atoms with Crippen LogP contribution in [0.5, 0.6) is 0 Å². The summed E-state index contributed by atoms with van der Waals surface area (Å²) in [6, 6.07) is 14.2. The number of rotatable bonds is 5. The van der Waals surface area contributed by atoms with Crippen LogP contribution >= 0.6 is 0 Å². The summed E-state index contributed by atoms with van der Waals surface area (Å²) < 4.78 is 0. The highest BCUT2D eigenvalue weighted by atomic mass is 16.2. The summed E-state index contributed by atoms with van der Waals surface area (Å²) >= 11 is 0. The van der Waals surface area contributed by atoms with Gasteiger partial charge in [0.15, 0.2) is 0 Å². The van der Waals surface area contributed by atoms with Crippen LogP contribution in [-0.4, -0.2) is 47.4 Å². The molecule has 0 bridgehead atoms. The Balaban J connectivity index is 1.85. The van der Waals surface area contributed by atoms with E-state index in [0.717, 1.165) is 70.5 Å². The third-order valence-corrected chi connectivity index (χ3v) is 6.48. The summed E-state index contributed by atoms with van der Waals surface area (Å²) in [4.78, 5) is 32.4. The van der Waals surface area contributed by atoms with Gasteiger partial charge in [-0.05, 0) is 94.5 Å². The Morgan fingerprint density at radius 1 is 1.06 bits per heavy atom. The summed E-state index contributed by atoms with van der Waals surface area (Å²) in [6.45, 7) is 11.7. The van der Waals surface area contributed by atoms with E-state index in [4.69, 9.17) is 4.98 Å². The topological polar surface area (TPSA) is 74.3 Å². The largest absolute Gasteiger partial charge is 0.365 e.